The van der Waals surface area contributed by atoms with E-state index in [-0.39, 0.29) is 11.3 Å². The summed E-state index contributed by atoms with van der Waals surface area (Å²) in [4.78, 5) is 10.3. The zero-order chi connectivity index (χ0) is 9.14. The summed E-state index contributed by atoms with van der Waals surface area (Å²) in [5.41, 5.74) is 0. The Balaban J connectivity index is 2.64. The lowest BCUT2D eigenvalue weighted by Crippen LogP contribution is -2.12. The molecule has 1 aromatic heterocycles. The van der Waals surface area contributed by atoms with Crippen molar-refractivity contribution in [3.63, 3.8) is 0 Å². The molecule has 3 nitrogen and oxygen atoms in total. The maximum absolute atomic E-state index is 10.3. The Morgan fingerprint density at radius 2 is 2.33 bits per heavy atom. The summed E-state index contributed by atoms with van der Waals surface area (Å²) in [5.74, 6) is 0.303. The van der Waals surface area contributed by atoms with Crippen LogP contribution < -0.4 is 0 Å². The van der Waals surface area contributed by atoms with Gasteiger partial charge in [0.1, 0.15) is 16.4 Å². The van der Waals surface area contributed by atoms with Crippen molar-refractivity contribution in [3.05, 3.63) is 23.7 Å². The van der Waals surface area contributed by atoms with E-state index in [1.54, 1.807) is 19.1 Å². The van der Waals surface area contributed by atoms with E-state index in [0.717, 1.165) is 5.76 Å². The number of rotatable bonds is 3. The first-order valence-corrected chi connectivity index (χ1v) is 3.82. The molecule has 0 unspecified atom stereocenters. The summed E-state index contributed by atoms with van der Waals surface area (Å²) in [6.45, 7) is 1.80. The Morgan fingerprint density at radius 1 is 1.67 bits per heavy atom. The smallest absolute Gasteiger partial charge is 0.342 e. The monoisotopic (exact) mass is 184 g/mol. The molecule has 0 spiro atoms. The minimum absolute atomic E-state index is 0.0237. The average molecular weight is 184 g/mol. The van der Waals surface area contributed by atoms with Gasteiger partial charge < -0.3 is 9.52 Å². The van der Waals surface area contributed by atoms with Crippen molar-refractivity contribution in [2.75, 3.05) is 0 Å². The van der Waals surface area contributed by atoms with Crippen LogP contribution in [0.5, 0.6) is 0 Å². The number of thiocarbonyl (C=S) groups is 1. The highest BCUT2D eigenvalue weighted by molar-refractivity contribution is 7.82. The predicted octanol–water partition coefficient (Wildman–Crippen LogP) is 1.59. The molecule has 12 heavy (non-hydrogen) atoms. The fourth-order valence-electron chi connectivity index (χ4n) is 0.814. The normalized spacial score (nSPS) is 9.75. The lowest BCUT2D eigenvalue weighted by Gasteiger charge is -1.93. The van der Waals surface area contributed by atoms with Crippen LogP contribution in [0.25, 0.3) is 0 Å². The molecular formula is C8H8O3S. The van der Waals surface area contributed by atoms with Gasteiger partial charge in [-0.25, -0.2) is 4.79 Å². The number of carbonyl (C=O) groups is 1. The van der Waals surface area contributed by atoms with Gasteiger partial charge in [-0.05, 0) is 19.1 Å². The van der Waals surface area contributed by atoms with Gasteiger partial charge in [-0.3, -0.25) is 0 Å². The van der Waals surface area contributed by atoms with E-state index >= 15 is 0 Å². The molecule has 0 aliphatic carbocycles. The van der Waals surface area contributed by atoms with E-state index in [2.05, 4.69) is 12.2 Å². The molecule has 4 heteroatoms. The SMILES string of the molecule is Cc1ccc(CC(=S)C(=O)O)o1. The summed E-state index contributed by atoms with van der Waals surface area (Å²) in [5, 5.41) is 8.47. The molecule has 0 aromatic carbocycles. The van der Waals surface area contributed by atoms with E-state index in [0.29, 0.717) is 5.76 Å². The number of hydrogen-bond donors (Lipinski definition) is 1. The molecule has 0 aliphatic heterocycles. The largest absolute Gasteiger partial charge is 0.477 e. The zero-order valence-electron chi connectivity index (χ0n) is 6.53. The van der Waals surface area contributed by atoms with E-state index in [4.69, 9.17) is 9.52 Å². The second-order valence-electron chi connectivity index (χ2n) is 2.42. The minimum atomic E-state index is -1.06. The Kier molecular flexibility index (Phi) is 2.60. The summed E-state index contributed by atoms with van der Waals surface area (Å²) in [6.07, 6.45) is 0.193. The average Bonchev–Trinajstić information content (AvgIpc) is 2.35. The number of aliphatic carboxylic acids is 1. The first kappa shape index (κ1) is 8.93. The molecule has 0 bridgehead atoms. The molecule has 0 atom stereocenters. The van der Waals surface area contributed by atoms with Crippen molar-refractivity contribution >= 4 is 23.1 Å². The van der Waals surface area contributed by atoms with Gasteiger partial charge in [0.2, 0.25) is 0 Å². The van der Waals surface area contributed by atoms with Gasteiger partial charge in [0, 0.05) is 6.42 Å². The number of furan rings is 1. The van der Waals surface area contributed by atoms with Crippen LogP contribution in [0.15, 0.2) is 16.5 Å². The Morgan fingerprint density at radius 3 is 2.75 bits per heavy atom. The van der Waals surface area contributed by atoms with Crippen molar-refractivity contribution in [1.29, 1.82) is 0 Å². The third-order valence-electron chi connectivity index (χ3n) is 1.37. The van der Waals surface area contributed by atoms with Crippen LogP contribution in [-0.4, -0.2) is 15.9 Å². The maximum atomic E-state index is 10.3. The lowest BCUT2D eigenvalue weighted by molar-refractivity contribution is -0.129. The van der Waals surface area contributed by atoms with Gasteiger partial charge in [-0.2, -0.15) is 0 Å². The molecule has 1 N–H and O–H groups in total. The van der Waals surface area contributed by atoms with Gasteiger partial charge in [0.05, 0.1) is 0 Å². The highest BCUT2D eigenvalue weighted by Crippen LogP contribution is 2.07. The van der Waals surface area contributed by atoms with Crippen LogP contribution in [-0.2, 0) is 11.2 Å². The van der Waals surface area contributed by atoms with Crippen molar-refractivity contribution in [2.24, 2.45) is 0 Å². The number of hydrogen-bond acceptors (Lipinski definition) is 3. The topological polar surface area (TPSA) is 50.4 Å². The number of aryl methyl sites for hydroxylation is 1. The van der Waals surface area contributed by atoms with Crippen LogP contribution in [0.1, 0.15) is 11.5 Å². The third kappa shape index (κ3) is 2.17. The maximum Gasteiger partial charge on any atom is 0.342 e. The summed E-state index contributed by atoms with van der Waals surface area (Å²) < 4.78 is 5.15. The van der Waals surface area contributed by atoms with Gasteiger partial charge in [-0.15, -0.1) is 0 Å². The molecule has 0 aliphatic rings. The van der Waals surface area contributed by atoms with Crippen LogP contribution >= 0.6 is 12.2 Å². The van der Waals surface area contributed by atoms with E-state index in [1.165, 1.54) is 0 Å². The second kappa shape index (κ2) is 3.49. The zero-order valence-corrected chi connectivity index (χ0v) is 7.35. The Hall–Kier alpha value is -1.16. The fraction of sp³-hybridized carbons (Fsp3) is 0.250. The first-order chi connectivity index (χ1) is 5.59. The van der Waals surface area contributed by atoms with Crippen molar-refractivity contribution in [1.82, 2.24) is 0 Å². The molecule has 0 saturated heterocycles. The lowest BCUT2D eigenvalue weighted by atomic mass is 10.2. The number of carboxylic acid groups (broad SMARTS) is 1. The fourth-order valence-corrected chi connectivity index (χ4v) is 0.956. The molecule has 0 radical (unpaired) electrons. The molecule has 1 rings (SSSR count). The van der Waals surface area contributed by atoms with E-state index in [9.17, 15) is 4.79 Å². The Labute approximate surface area is 75.0 Å². The molecule has 0 saturated carbocycles. The van der Waals surface area contributed by atoms with Crippen LogP contribution in [0.4, 0.5) is 0 Å². The molecule has 1 aromatic rings. The Bertz CT molecular complexity index is 314. The first-order valence-electron chi connectivity index (χ1n) is 3.41. The van der Waals surface area contributed by atoms with Gasteiger partial charge >= 0.3 is 5.97 Å². The van der Waals surface area contributed by atoms with E-state index < -0.39 is 5.97 Å². The highest BCUT2D eigenvalue weighted by atomic mass is 32.1. The van der Waals surface area contributed by atoms with Crippen molar-refractivity contribution in [2.45, 2.75) is 13.3 Å². The number of carboxylic acids is 1. The molecule has 0 amide bonds. The molecular weight excluding hydrogens is 176 g/mol. The predicted molar refractivity (Wildman–Crippen MR) is 47.4 cm³/mol. The summed E-state index contributed by atoms with van der Waals surface area (Å²) >= 11 is 4.61. The highest BCUT2D eigenvalue weighted by Gasteiger charge is 2.09. The van der Waals surface area contributed by atoms with Gasteiger partial charge in [0.25, 0.3) is 0 Å². The second-order valence-corrected chi connectivity index (χ2v) is 2.91. The van der Waals surface area contributed by atoms with Crippen molar-refractivity contribution < 1.29 is 14.3 Å². The van der Waals surface area contributed by atoms with E-state index in [1.807, 2.05) is 0 Å². The van der Waals surface area contributed by atoms with Gasteiger partial charge in [0.15, 0.2) is 0 Å². The molecule has 0 fully saturated rings. The van der Waals surface area contributed by atoms with Crippen LogP contribution in [0.2, 0.25) is 0 Å². The van der Waals surface area contributed by atoms with Crippen LogP contribution in [0, 0.1) is 6.92 Å². The standard InChI is InChI=1S/C8H8O3S/c1-5-2-3-6(11-5)4-7(12)8(9)10/h2-3H,4H2,1H3,(H,9,10). The summed E-state index contributed by atoms with van der Waals surface area (Å²) in [7, 11) is 0. The van der Waals surface area contributed by atoms with Gasteiger partial charge in [-0.1, -0.05) is 12.2 Å². The van der Waals surface area contributed by atoms with Crippen molar-refractivity contribution in [3.8, 4) is 0 Å². The minimum Gasteiger partial charge on any atom is -0.477 e. The third-order valence-corrected chi connectivity index (χ3v) is 1.69. The summed E-state index contributed by atoms with van der Waals surface area (Å²) in [6, 6.07) is 3.50. The quantitative estimate of drug-likeness (QED) is 0.725. The molecule has 1 heterocycles. The molecule has 64 valence electrons. The van der Waals surface area contributed by atoms with Crippen LogP contribution in [0.3, 0.4) is 0 Å².